The van der Waals surface area contributed by atoms with E-state index >= 15 is 0 Å². The topological polar surface area (TPSA) is 153 Å². The van der Waals surface area contributed by atoms with Crippen LogP contribution in [-0.4, -0.2) is 37.2 Å². The summed E-state index contributed by atoms with van der Waals surface area (Å²) in [7, 11) is 0. The van der Waals surface area contributed by atoms with Crippen LogP contribution in [-0.2, 0) is 32.1 Å². The molecule has 59 heavy (non-hydrogen) atoms. The molecule has 9 heteroatoms. The number of hydrogen-bond acceptors (Lipinski definition) is 9. The molecule has 2 atom stereocenters. The first-order valence-corrected chi connectivity index (χ1v) is 20.1. The van der Waals surface area contributed by atoms with Crippen LogP contribution in [0.3, 0.4) is 0 Å². The third kappa shape index (κ3) is 7.98. The highest BCUT2D eigenvalue weighted by Gasteiger charge is 2.43. The van der Waals surface area contributed by atoms with Crippen LogP contribution in [0.5, 0.6) is 46.0 Å². The van der Waals surface area contributed by atoms with Crippen LogP contribution in [0.15, 0.2) is 87.4 Å². The second-order valence-corrected chi connectivity index (χ2v) is 16.9. The van der Waals surface area contributed by atoms with Gasteiger partial charge in [0.1, 0.15) is 51.9 Å². The van der Waals surface area contributed by atoms with Gasteiger partial charge < -0.3 is 44.5 Å². The Morgan fingerprint density at radius 1 is 0.576 bits per heavy atom. The van der Waals surface area contributed by atoms with Gasteiger partial charge in [-0.2, -0.15) is 0 Å². The van der Waals surface area contributed by atoms with Gasteiger partial charge in [0, 0.05) is 51.8 Å². The van der Waals surface area contributed by atoms with Gasteiger partial charge in [0.25, 0.3) is 0 Å². The van der Waals surface area contributed by atoms with Crippen LogP contribution in [0.1, 0.15) is 112 Å². The summed E-state index contributed by atoms with van der Waals surface area (Å²) in [6, 6.07) is 10.0. The van der Waals surface area contributed by atoms with Crippen molar-refractivity contribution in [1.29, 1.82) is 0 Å². The number of fused-ring (bicyclic) bond motifs is 6. The van der Waals surface area contributed by atoms with Crippen LogP contribution in [0.2, 0.25) is 0 Å². The van der Waals surface area contributed by atoms with Crippen LogP contribution in [0, 0.1) is 0 Å². The van der Waals surface area contributed by atoms with E-state index < -0.39 is 6.10 Å². The Kier molecular flexibility index (Phi) is 11.2. The van der Waals surface area contributed by atoms with Gasteiger partial charge in [-0.05, 0) is 122 Å². The van der Waals surface area contributed by atoms with Crippen molar-refractivity contribution in [1.82, 2.24) is 0 Å². The molecular weight excluding hydrogens is 745 g/mol. The Labute approximate surface area is 345 Å². The zero-order chi connectivity index (χ0) is 42.4. The molecule has 3 heterocycles. The minimum Gasteiger partial charge on any atom is -0.508 e. The number of benzene rings is 4. The summed E-state index contributed by atoms with van der Waals surface area (Å²) in [5.74, 6) is 0.513. The molecule has 0 radical (unpaired) electrons. The number of ether oxygens (including phenoxy) is 2. The van der Waals surface area contributed by atoms with Crippen molar-refractivity contribution in [3.8, 4) is 57.3 Å². The van der Waals surface area contributed by atoms with Gasteiger partial charge in [-0.3, -0.25) is 0 Å². The average Bonchev–Trinajstić information content (AvgIpc) is 3.71. The molecule has 0 spiro atoms. The SMILES string of the molecule is CC(C)=CCc1cc(-c2oc3c(CC=C(C)C)c(O)c(O)cc3c2Cc2cc3c(c(CC=C(C)C)c2O)O[C@H]2c4cc(CC=C(C)C)c(O)cc4OC[C@@H]32)c(O)cc1O. The number of phenolic OH excluding ortho intramolecular Hbond substituents is 6. The maximum Gasteiger partial charge on any atom is 0.164 e. The van der Waals surface area contributed by atoms with Crippen molar-refractivity contribution in [3.05, 3.63) is 128 Å². The standard InChI is InChI=1S/C50H54O9/c1-25(2)9-13-29-17-37(42(53)22-40(29)51)49-34(36-21-43(54)46(56)33(48(36)58-49)16-12-28(7)8)19-31-20-35-39-24-57-44-23-41(52)30(14-10-26(3)4)18-38(44)50(39)59-47(35)32(45(31)55)15-11-27(5)6/h9-12,17-18,20-23,39,50-56H,13-16,19,24H2,1-8H3/t39-,50-/m0/s1. The number of hydrogen-bond donors (Lipinski definition) is 6. The van der Waals surface area contributed by atoms with Crippen LogP contribution >= 0.6 is 0 Å². The van der Waals surface area contributed by atoms with E-state index in [1.165, 1.54) is 12.1 Å². The molecule has 6 N–H and O–H groups in total. The normalized spacial score (nSPS) is 15.1. The van der Waals surface area contributed by atoms with Gasteiger partial charge in [0.05, 0.1) is 18.1 Å². The summed E-state index contributed by atoms with van der Waals surface area (Å²) < 4.78 is 19.8. The highest BCUT2D eigenvalue weighted by Crippen LogP contribution is 2.56. The number of furan rings is 1. The molecule has 0 saturated heterocycles. The Bertz CT molecular complexity index is 2600. The monoisotopic (exact) mass is 798 g/mol. The molecule has 308 valence electrons. The van der Waals surface area contributed by atoms with Crippen LogP contribution < -0.4 is 9.47 Å². The Morgan fingerprint density at radius 3 is 1.80 bits per heavy atom. The fourth-order valence-electron chi connectivity index (χ4n) is 7.99. The third-order valence-corrected chi connectivity index (χ3v) is 11.2. The van der Waals surface area contributed by atoms with E-state index in [-0.39, 0.29) is 59.0 Å². The molecular formula is C50H54O9. The highest BCUT2D eigenvalue weighted by atomic mass is 16.5. The quantitative estimate of drug-likeness (QED) is 0.0566. The van der Waals surface area contributed by atoms with E-state index in [4.69, 9.17) is 13.9 Å². The van der Waals surface area contributed by atoms with Crippen molar-refractivity contribution >= 4 is 11.0 Å². The van der Waals surface area contributed by atoms with E-state index in [1.807, 2.05) is 85.8 Å². The maximum absolute atomic E-state index is 12.3. The summed E-state index contributed by atoms with van der Waals surface area (Å²) in [4.78, 5) is 0. The molecule has 2 aliphatic heterocycles. The summed E-state index contributed by atoms with van der Waals surface area (Å²) >= 11 is 0. The summed E-state index contributed by atoms with van der Waals surface area (Å²) in [6.07, 6.45) is 9.34. The molecule has 9 nitrogen and oxygen atoms in total. The fraction of sp³-hybridized carbons (Fsp3) is 0.320. The second-order valence-electron chi connectivity index (χ2n) is 16.9. The first kappa shape index (κ1) is 41.0. The fourth-order valence-corrected chi connectivity index (χ4v) is 7.99. The predicted octanol–water partition coefficient (Wildman–Crippen LogP) is 11.6. The minimum absolute atomic E-state index is 0.0447. The number of allylic oxidation sites excluding steroid dienone is 8. The smallest absolute Gasteiger partial charge is 0.164 e. The Balaban J connectivity index is 1.43. The minimum atomic E-state index is -0.420. The van der Waals surface area contributed by atoms with Crippen molar-refractivity contribution in [3.63, 3.8) is 0 Å². The lowest BCUT2D eigenvalue weighted by atomic mass is 9.85. The van der Waals surface area contributed by atoms with E-state index in [2.05, 4.69) is 6.08 Å². The number of phenols is 6. The van der Waals surface area contributed by atoms with Crippen LogP contribution in [0.25, 0.3) is 22.3 Å². The lowest BCUT2D eigenvalue weighted by molar-refractivity contribution is 0.138. The molecule has 0 aliphatic carbocycles. The molecule has 7 rings (SSSR count). The van der Waals surface area contributed by atoms with Crippen molar-refractivity contribution in [2.75, 3.05) is 6.61 Å². The van der Waals surface area contributed by atoms with E-state index in [9.17, 15) is 30.6 Å². The van der Waals surface area contributed by atoms with E-state index in [0.717, 1.165) is 39.0 Å². The van der Waals surface area contributed by atoms with Gasteiger partial charge in [-0.1, -0.05) is 46.6 Å². The lowest BCUT2D eigenvalue weighted by Gasteiger charge is -2.28. The predicted molar refractivity (Wildman–Crippen MR) is 231 cm³/mol. The third-order valence-electron chi connectivity index (χ3n) is 11.2. The van der Waals surface area contributed by atoms with E-state index in [0.29, 0.717) is 81.7 Å². The zero-order valence-corrected chi connectivity index (χ0v) is 35.1. The van der Waals surface area contributed by atoms with Crippen molar-refractivity contribution in [2.24, 2.45) is 0 Å². The maximum atomic E-state index is 12.3. The molecule has 2 aliphatic rings. The molecule has 4 aromatic carbocycles. The molecule has 0 fully saturated rings. The van der Waals surface area contributed by atoms with Gasteiger partial charge >= 0.3 is 0 Å². The first-order chi connectivity index (χ1) is 28.0. The molecule has 0 saturated carbocycles. The van der Waals surface area contributed by atoms with Crippen molar-refractivity contribution in [2.45, 2.75) is 99.5 Å². The number of aromatic hydroxyl groups is 6. The molecule has 0 amide bonds. The molecule has 0 unspecified atom stereocenters. The van der Waals surface area contributed by atoms with Gasteiger partial charge in [0.2, 0.25) is 0 Å². The second kappa shape index (κ2) is 16.2. The van der Waals surface area contributed by atoms with Gasteiger partial charge in [-0.25, -0.2) is 0 Å². The highest BCUT2D eigenvalue weighted by molar-refractivity contribution is 5.94. The Hall–Kier alpha value is -6.22. The zero-order valence-electron chi connectivity index (χ0n) is 35.1. The summed E-state index contributed by atoms with van der Waals surface area (Å²) in [6.45, 7) is 16.2. The van der Waals surface area contributed by atoms with Crippen molar-refractivity contribution < 1.29 is 44.5 Å². The molecule has 5 aromatic rings. The van der Waals surface area contributed by atoms with Gasteiger partial charge in [-0.15, -0.1) is 0 Å². The molecule has 1 aromatic heterocycles. The Morgan fingerprint density at radius 2 is 1.15 bits per heavy atom. The first-order valence-electron chi connectivity index (χ1n) is 20.1. The lowest BCUT2D eigenvalue weighted by Crippen LogP contribution is -2.23. The van der Waals surface area contributed by atoms with E-state index in [1.54, 1.807) is 12.1 Å². The summed E-state index contributed by atoms with van der Waals surface area (Å²) in [5, 5.41) is 68.3. The van der Waals surface area contributed by atoms with Gasteiger partial charge in [0.15, 0.2) is 11.5 Å². The van der Waals surface area contributed by atoms with Crippen LogP contribution in [0.4, 0.5) is 0 Å². The molecule has 0 bridgehead atoms. The average molecular weight is 799 g/mol. The largest absolute Gasteiger partial charge is 0.508 e. The summed E-state index contributed by atoms with van der Waals surface area (Å²) in [5.41, 5.74) is 10.1. The number of rotatable bonds is 11.